The summed E-state index contributed by atoms with van der Waals surface area (Å²) in [7, 11) is 1.41. The Bertz CT molecular complexity index is 2050. The van der Waals surface area contributed by atoms with Gasteiger partial charge in [-0.2, -0.15) is 0 Å². The van der Waals surface area contributed by atoms with Crippen LogP contribution in [0.15, 0.2) is 44.7 Å². The number of aromatic nitrogens is 3. The van der Waals surface area contributed by atoms with Gasteiger partial charge in [0.2, 0.25) is 5.43 Å². The largest absolute Gasteiger partial charge is 0.494 e. The number of nitrogens with zero attached hydrogens (tertiary/aromatic N) is 2. The van der Waals surface area contributed by atoms with Crippen LogP contribution in [0.3, 0.4) is 0 Å². The van der Waals surface area contributed by atoms with Gasteiger partial charge in [-0.15, -0.1) is 0 Å². The summed E-state index contributed by atoms with van der Waals surface area (Å²) in [6, 6.07) is 7.92. The number of H-pyrrole nitrogens is 2. The molecule has 2 aromatic carbocycles. The molecule has 4 aromatic rings. The normalized spacial score (nSPS) is 17.3. The molecule has 1 aliphatic heterocycles. The summed E-state index contributed by atoms with van der Waals surface area (Å²) in [5.41, 5.74) is 1.80. The quantitative estimate of drug-likeness (QED) is 0.145. The van der Waals surface area contributed by atoms with Crippen molar-refractivity contribution in [1.82, 2.24) is 24.8 Å². The van der Waals surface area contributed by atoms with E-state index in [1.807, 2.05) is 32.0 Å². The van der Waals surface area contributed by atoms with E-state index in [2.05, 4.69) is 32.4 Å². The number of anilines is 2. The first-order valence-corrected chi connectivity index (χ1v) is 16.9. The van der Waals surface area contributed by atoms with Gasteiger partial charge in [0.25, 0.3) is 5.56 Å². The van der Waals surface area contributed by atoms with E-state index >= 15 is 4.39 Å². The van der Waals surface area contributed by atoms with Crippen LogP contribution < -0.4 is 32.0 Å². The number of piperazine rings is 1. The summed E-state index contributed by atoms with van der Waals surface area (Å²) in [6.45, 7) is 8.12. The zero-order chi connectivity index (χ0) is 35.0. The highest BCUT2D eigenvalue weighted by Gasteiger charge is 2.35. The number of benzene rings is 2. The van der Waals surface area contributed by atoms with Crippen molar-refractivity contribution in [1.29, 1.82) is 0 Å². The van der Waals surface area contributed by atoms with E-state index in [1.54, 1.807) is 0 Å². The number of aromatic amines is 2. The van der Waals surface area contributed by atoms with E-state index in [0.29, 0.717) is 44.0 Å². The van der Waals surface area contributed by atoms with Crippen LogP contribution in [0.4, 0.5) is 15.9 Å². The minimum absolute atomic E-state index is 0.0873. The van der Waals surface area contributed by atoms with Crippen LogP contribution in [0.1, 0.15) is 84.2 Å². The van der Waals surface area contributed by atoms with Crippen molar-refractivity contribution >= 4 is 28.4 Å². The number of fused-ring (bicyclic) bond motifs is 1. The summed E-state index contributed by atoms with van der Waals surface area (Å²) in [5, 5.41) is 16.3. The van der Waals surface area contributed by atoms with Gasteiger partial charge in [-0.05, 0) is 75.3 Å². The maximum absolute atomic E-state index is 16.3. The lowest BCUT2D eigenvalue weighted by atomic mass is 9.94. The van der Waals surface area contributed by atoms with Crippen LogP contribution >= 0.6 is 0 Å². The van der Waals surface area contributed by atoms with Gasteiger partial charge in [0.15, 0.2) is 5.75 Å². The number of rotatable bonds is 12. The molecule has 1 aliphatic carbocycles. The van der Waals surface area contributed by atoms with Gasteiger partial charge in [0.05, 0.1) is 18.0 Å². The molecule has 0 amide bonds. The Labute approximate surface area is 282 Å². The molecule has 6 rings (SSSR count). The predicted molar refractivity (Wildman–Crippen MR) is 186 cm³/mol. The summed E-state index contributed by atoms with van der Waals surface area (Å²) >= 11 is 0. The number of halogens is 1. The van der Waals surface area contributed by atoms with Crippen molar-refractivity contribution in [3.8, 4) is 5.75 Å². The van der Waals surface area contributed by atoms with Gasteiger partial charge >= 0.3 is 11.7 Å². The van der Waals surface area contributed by atoms with Gasteiger partial charge in [-0.3, -0.25) is 24.0 Å². The van der Waals surface area contributed by atoms with E-state index in [9.17, 15) is 24.3 Å². The number of ether oxygens (including phenoxy) is 1. The Morgan fingerprint density at radius 1 is 1.16 bits per heavy atom. The molecule has 2 unspecified atom stereocenters. The first-order chi connectivity index (χ1) is 23.5. The molecule has 5 N–H and O–H groups in total. The number of hydrogen-bond acceptors (Lipinski definition) is 8. The third kappa shape index (κ3) is 6.90. The summed E-state index contributed by atoms with van der Waals surface area (Å²) in [5.74, 6) is -1.69. The van der Waals surface area contributed by atoms with Crippen molar-refractivity contribution in [3.05, 3.63) is 95.2 Å². The zero-order valence-corrected chi connectivity index (χ0v) is 28.2. The van der Waals surface area contributed by atoms with Crippen molar-refractivity contribution < 1.29 is 19.0 Å². The second kappa shape index (κ2) is 14.0. The van der Waals surface area contributed by atoms with Gasteiger partial charge in [0.1, 0.15) is 17.2 Å². The van der Waals surface area contributed by atoms with Crippen molar-refractivity contribution in [2.24, 2.45) is 0 Å². The number of aromatic carboxylic acids is 1. The Kier molecular flexibility index (Phi) is 9.75. The van der Waals surface area contributed by atoms with Gasteiger partial charge in [0, 0.05) is 67.2 Å². The van der Waals surface area contributed by atoms with E-state index in [0.717, 1.165) is 46.7 Å². The molecule has 2 atom stereocenters. The highest BCUT2D eigenvalue weighted by Crippen LogP contribution is 2.43. The fourth-order valence-corrected chi connectivity index (χ4v) is 7.09. The molecule has 2 fully saturated rings. The Morgan fingerprint density at radius 3 is 2.59 bits per heavy atom. The molecule has 0 bridgehead atoms. The van der Waals surface area contributed by atoms with E-state index in [-0.39, 0.29) is 46.3 Å². The molecule has 1 saturated carbocycles. The number of nitrogens with one attached hydrogen (secondary N) is 4. The fraction of sp³-hybridized carbons (Fsp3) is 0.444. The van der Waals surface area contributed by atoms with E-state index < -0.39 is 34.5 Å². The smallest absolute Gasteiger partial charge is 0.341 e. The zero-order valence-electron chi connectivity index (χ0n) is 28.2. The van der Waals surface area contributed by atoms with Gasteiger partial charge in [-0.1, -0.05) is 13.0 Å². The van der Waals surface area contributed by atoms with Crippen molar-refractivity contribution in [3.63, 3.8) is 0 Å². The number of aryl methyl sites for hydroxylation is 2. The van der Waals surface area contributed by atoms with Crippen LogP contribution in [0, 0.1) is 12.7 Å². The van der Waals surface area contributed by atoms with Crippen molar-refractivity contribution in [2.45, 2.75) is 77.4 Å². The van der Waals surface area contributed by atoms with Crippen LogP contribution in [-0.2, 0) is 13.0 Å². The molecule has 49 heavy (non-hydrogen) atoms. The molecule has 0 radical (unpaired) electrons. The topological polar surface area (TPSA) is 162 Å². The molecule has 260 valence electrons. The summed E-state index contributed by atoms with van der Waals surface area (Å²) in [4.78, 5) is 59.8. The maximum Gasteiger partial charge on any atom is 0.341 e. The van der Waals surface area contributed by atoms with Gasteiger partial charge < -0.3 is 25.5 Å². The lowest BCUT2D eigenvalue weighted by Gasteiger charge is -2.39. The molecule has 13 heteroatoms. The summed E-state index contributed by atoms with van der Waals surface area (Å²) < 4.78 is 23.2. The number of hydrogen-bond donors (Lipinski definition) is 5. The van der Waals surface area contributed by atoms with Crippen LogP contribution in [0.25, 0.3) is 10.9 Å². The fourth-order valence-electron chi connectivity index (χ4n) is 7.09. The number of carboxylic acid groups (broad SMARTS) is 1. The van der Waals surface area contributed by atoms with Gasteiger partial charge in [-0.25, -0.2) is 14.0 Å². The lowest BCUT2D eigenvalue weighted by molar-refractivity contribution is 0.0694. The predicted octanol–water partition coefficient (Wildman–Crippen LogP) is 4.53. The molecule has 12 nitrogen and oxygen atoms in total. The molecular weight excluding hydrogens is 631 g/mol. The van der Waals surface area contributed by atoms with Crippen LogP contribution in [0.2, 0.25) is 0 Å². The third-order valence-corrected chi connectivity index (χ3v) is 9.74. The monoisotopic (exact) mass is 674 g/mol. The Balaban J connectivity index is 1.32. The highest BCUT2D eigenvalue weighted by molar-refractivity contribution is 5.96. The van der Waals surface area contributed by atoms with E-state index in [4.69, 9.17) is 4.74 Å². The second-order valence-corrected chi connectivity index (χ2v) is 13.2. The van der Waals surface area contributed by atoms with Crippen LogP contribution in [0.5, 0.6) is 5.75 Å². The summed E-state index contributed by atoms with van der Waals surface area (Å²) in [6.07, 6.45) is 3.08. The molecule has 0 spiro atoms. The number of pyridine rings is 1. The van der Waals surface area contributed by atoms with Crippen molar-refractivity contribution in [2.75, 3.05) is 32.1 Å². The highest BCUT2D eigenvalue weighted by atomic mass is 19.1. The molecule has 3 heterocycles. The first kappa shape index (κ1) is 34.1. The molecule has 1 saturated heterocycles. The lowest BCUT2D eigenvalue weighted by Crippen LogP contribution is -2.50. The van der Waals surface area contributed by atoms with Crippen LogP contribution in [-0.4, -0.2) is 63.3 Å². The average Bonchev–Trinajstić information content (AvgIpc) is 3.91. The molecule has 2 aliphatic rings. The third-order valence-electron chi connectivity index (χ3n) is 9.74. The minimum atomic E-state index is -1.35. The Hall–Kier alpha value is -4.75. The number of methoxy groups -OCH3 is 1. The SMILES string of the molecule is CCc1cc(Nc2cc(=O)n(CCCC(c3c(F)cc4c(=O)c(C(=O)O)c(C5CC5)[nH]c4c3OC)N3CCNC(C)C3)c(=O)[nH]2)ccc1C. The standard InChI is InChI=1S/C36H43FN6O6/c1-5-21-15-23(11-8-19(21)2)39-27-17-28(44)43(36(48)40-27)13-6-7-26(42-14-12-38-20(3)18-42)29-25(37)16-24-32(34(29)49-4)41-31(22-9-10-22)30(33(24)45)35(46)47/h8,11,15-17,20,22,26,38-39H,5-7,9-10,12-14,18H2,1-4H3,(H,40,48)(H,41,45)(H,46,47). The Morgan fingerprint density at radius 2 is 1.94 bits per heavy atom. The number of carbonyl (C=O) groups is 1. The molecular formula is C36H43FN6O6. The minimum Gasteiger partial charge on any atom is -0.494 e. The second-order valence-electron chi connectivity index (χ2n) is 13.2. The maximum atomic E-state index is 16.3. The van der Waals surface area contributed by atoms with E-state index in [1.165, 1.54) is 13.2 Å². The average molecular weight is 675 g/mol. The molecule has 2 aromatic heterocycles. The first-order valence-electron chi connectivity index (χ1n) is 16.9. The number of carboxylic acids is 1.